The molecular formula is C10H13NO. The summed E-state index contributed by atoms with van der Waals surface area (Å²) < 4.78 is 2.08. The van der Waals surface area contributed by atoms with Gasteiger partial charge >= 0.3 is 0 Å². The second kappa shape index (κ2) is 3.90. The number of carbonyl (C=O) groups is 1. The van der Waals surface area contributed by atoms with Crippen molar-refractivity contribution < 1.29 is 4.79 Å². The molecule has 0 unspecified atom stereocenters. The monoisotopic (exact) mass is 163 g/mol. The molecule has 64 valence electrons. The Labute approximate surface area is 72.5 Å². The second-order valence-electron chi connectivity index (χ2n) is 2.81. The smallest absolute Gasteiger partial charge is 0.152 e. The first kappa shape index (κ1) is 8.78. The summed E-state index contributed by atoms with van der Waals surface area (Å²) in [6.07, 6.45) is 5.47. The van der Waals surface area contributed by atoms with Gasteiger partial charge in [0.25, 0.3) is 0 Å². The number of aryl methyl sites for hydroxylation is 1. The molecule has 1 aromatic rings. The molecule has 0 saturated heterocycles. The minimum atomic E-state index is 0.0970. The van der Waals surface area contributed by atoms with Gasteiger partial charge in [-0.3, -0.25) is 4.79 Å². The summed E-state index contributed by atoms with van der Waals surface area (Å²) in [7, 11) is 0. The van der Waals surface area contributed by atoms with Crippen LogP contribution in [0.2, 0.25) is 0 Å². The van der Waals surface area contributed by atoms with Gasteiger partial charge in [0.1, 0.15) is 0 Å². The van der Waals surface area contributed by atoms with Gasteiger partial charge in [0.2, 0.25) is 0 Å². The van der Waals surface area contributed by atoms with Gasteiger partial charge in [-0.2, -0.15) is 0 Å². The number of ketones is 1. The van der Waals surface area contributed by atoms with E-state index in [0.29, 0.717) is 0 Å². The SMILES string of the molecule is CC(=O)/C=C/Cn1cccc1C. The van der Waals surface area contributed by atoms with Gasteiger partial charge in [-0.25, -0.2) is 0 Å². The highest BCUT2D eigenvalue weighted by atomic mass is 16.1. The lowest BCUT2D eigenvalue weighted by Gasteiger charge is -1.99. The molecule has 0 fully saturated rings. The molecule has 0 N–H and O–H groups in total. The number of hydrogen-bond donors (Lipinski definition) is 0. The Hall–Kier alpha value is -1.31. The lowest BCUT2D eigenvalue weighted by Crippen LogP contribution is -1.95. The van der Waals surface area contributed by atoms with Crippen molar-refractivity contribution in [2.24, 2.45) is 0 Å². The highest BCUT2D eigenvalue weighted by Crippen LogP contribution is 1.99. The van der Waals surface area contributed by atoms with E-state index >= 15 is 0 Å². The van der Waals surface area contributed by atoms with E-state index < -0.39 is 0 Å². The Balaban J connectivity index is 2.54. The quantitative estimate of drug-likeness (QED) is 0.624. The molecule has 0 bridgehead atoms. The average Bonchev–Trinajstić information content (AvgIpc) is 2.36. The van der Waals surface area contributed by atoms with Crippen LogP contribution in [-0.4, -0.2) is 10.4 Å². The number of rotatable bonds is 3. The fraction of sp³-hybridized carbons (Fsp3) is 0.300. The fourth-order valence-electron chi connectivity index (χ4n) is 1.04. The van der Waals surface area contributed by atoms with Gasteiger partial charge in [0, 0.05) is 18.4 Å². The second-order valence-corrected chi connectivity index (χ2v) is 2.81. The average molecular weight is 163 g/mol. The predicted octanol–water partition coefficient (Wildman–Crippen LogP) is 1.94. The Morgan fingerprint density at radius 3 is 2.92 bits per heavy atom. The van der Waals surface area contributed by atoms with Crippen LogP contribution in [0.4, 0.5) is 0 Å². The molecule has 0 spiro atoms. The van der Waals surface area contributed by atoms with E-state index in [2.05, 4.69) is 4.57 Å². The highest BCUT2D eigenvalue weighted by molar-refractivity contribution is 5.87. The van der Waals surface area contributed by atoms with E-state index in [1.807, 2.05) is 31.3 Å². The summed E-state index contributed by atoms with van der Waals surface area (Å²) in [6, 6.07) is 4.04. The minimum Gasteiger partial charge on any atom is -0.348 e. The lowest BCUT2D eigenvalue weighted by molar-refractivity contribution is -0.112. The first-order chi connectivity index (χ1) is 5.70. The van der Waals surface area contributed by atoms with Crippen LogP contribution in [0.5, 0.6) is 0 Å². The third kappa shape index (κ3) is 2.38. The van der Waals surface area contributed by atoms with E-state index in [-0.39, 0.29) is 5.78 Å². The van der Waals surface area contributed by atoms with Gasteiger partial charge in [0.05, 0.1) is 0 Å². The van der Waals surface area contributed by atoms with Crippen LogP contribution < -0.4 is 0 Å². The van der Waals surface area contributed by atoms with Gasteiger partial charge in [-0.05, 0) is 32.1 Å². The number of allylic oxidation sites excluding steroid dienone is 2. The van der Waals surface area contributed by atoms with E-state index in [9.17, 15) is 4.79 Å². The van der Waals surface area contributed by atoms with E-state index in [4.69, 9.17) is 0 Å². The summed E-state index contributed by atoms with van der Waals surface area (Å²) in [4.78, 5) is 10.6. The van der Waals surface area contributed by atoms with Crippen molar-refractivity contribution in [1.82, 2.24) is 4.57 Å². The van der Waals surface area contributed by atoms with Crippen LogP contribution in [-0.2, 0) is 11.3 Å². The minimum absolute atomic E-state index is 0.0970. The summed E-state index contributed by atoms with van der Waals surface area (Å²) in [5.74, 6) is 0.0970. The number of aromatic nitrogens is 1. The van der Waals surface area contributed by atoms with Gasteiger partial charge in [-0.15, -0.1) is 0 Å². The van der Waals surface area contributed by atoms with Crippen molar-refractivity contribution in [2.75, 3.05) is 0 Å². The maximum Gasteiger partial charge on any atom is 0.152 e. The van der Waals surface area contributed by atoms with Crippen LogP contribution in [0.25, 0.3) is 0 Å². The van der Waals surface area contributed by atoms with Crippen molar-refractivity contribution in [1.29, 1.82) is 0 Å². The predicted molar refractivity (Wildman–Crippen MR) is 49.0 cm³/mol. The number of nitrogens with zero attached hydrogens (tertiary/aromatic N) is 1. The Bertz CT molecular complexity index is 297. The Morgan fingerprint density at radius 1 is 1.67 bits per heavy atom. The molecule has 0 saturated carbocycles. The van der Waals surface area contributed by atoms with E-state index in [1.54, 1.807) is 13.0 Å². The zero-order valence-electron chi connectivity index (χ0n) is 7.45. The van der Waals surface area contributed by atoms with Gasteiger partial charge in [-0.1, -0.05) is 6.08 Å². The van der Waals surface area contributed by atoms with Crippen molar-refractivity contribution in [3.8, 4) is 0 Å². The van der Waals surface area contributed by atoms with Crippen molar-refractivity contribution >= 4 is 5.78 Å². The van der Waals surface area contributed by atoms with E-state index in [1.165, 1.54) is 5.69 Å². The summed E-state index contributed by atoms with van der Waals surface area (Å²) in [5, 5.41) is 0. The summed E-state index contributed by atoms with van der Waals surface area (Å²) in [5.41, 5.74) is 1.21. The zero-order valence-corrected chi connectivity index (χ0v) is 7.45. The van der Waals surface area contributed by atoms with Crippen molar-refractivity contribution in [3.63, 3.8) is 0 Å². The van der Waals surface area contributed by atoms with Crippen LogP contribution in [0, 0.1) is 6.92 Å². The van der Waals surface area contributed by atoms with Crippen molar-refractivity contribution in [3.05, 3.63) is 36.2 Å². The summed E-state index contributed by atoms with van der Waals surface area (Å²) in [6.45, 7) is 4.37. The molecule has 1 rings (SSSR count). The normalized spacial score (nSPS) is 10.8. The van der Waals surface area contributed by atoms with Crippen LogP contribution in [0.3, 0.4) is 0 Å². The maximum atomic E-state index is 10.6. The topological polar surface area (TPSA) is 22.0 Å². The molecule has 2 heteroatoms. The molecule has 0 radical (unpaired) electrons. The molecule has 0 aromatic carbocycles. The molecule has 0 aliphatic rings. The standard InChI is InChI=1S/C10H13NO/c1-9-5-3-7-11(9)8-4-6-10(2)12/h3-7H,8H2,1-2H3/b6-4+. The maximum absolute atomic E-state index is 10.6. The third-order valence-electron chi connectivity index (χ3n) is 1.71. The van der Waals surface area contributed by atoms with Crippen LogP contribution in [0.1, 0.15) is 12.6 Å². The highest BCUT2D eigenvalue weighted by Gasteiger charge is 1.90. The van der Waals surface area contributed by atoms with Gasteiger partial charge in [0.15, 0.2) is 5.78 Å². The van der Waals surface area contributed by atoms with Crippen molar-refractivity contribution in [2.45, 2.75) is 20.4 Å². The van der Waals surface area contributed by atoms with E-state index in [0.717, 1.165) is 6.54 Å². The molecule has 0 aliphatic carbocycles. The molecule has 0 amide bonds. The molecular weight excluding hydrogens is 150 g/mol. The molecule has 2 nitrogen and oxygen atoms in total. The first-order valence-electron chi connectivity index (χ1n) is 3.99. The lowest BCUT2D eigenvalue weighted by atomic mass is 10.4. The van der Waals surface area contributed by atoms with Crippen LogP contribution >= 0.6 is 0 Å². The fourth-order valence-corrected chi connectivity index (χ4v) is 1.04. The molecule has 1 aromatic heterocycles. The molecule has 0 atom stereocenters. The first-order valence-corrected chi connectivity index (χ1v) is 3.99. The summed E-state index contributed by atoms with van der Waals surface area (Å²) >= 11 is 0. The van der Waals surface area contributed by atoms with Gasteiger partial charge < -0.3 is 4.57 Å². The zero-order chi connectivity index (χ0) is 8.97. The Kier molecular flexibility index (Phi) is 2.86. The molecule has 1 heterocycles. The third-order valence-corrected chi connectivity index (χ3v) is 1.71. The Morgan fingerprint density at radius 2 is 2.42 bits per heavy atom. The van der Waals surface area contributed by atoms with Crippen LogP contribution in [0.15, 0.2) is 30.5 Å². The molecule has 0 aliphatic heterocycles. The number of hydrogen-bond acceptors (Lipinski definition) is 1. The number of carbonyl (C=O) groups excluding carboxylic acids is 1. The molecule has 12 heavy (non-hydrogen) atoms. The largest absolute Gasteiger partial charge is 0.348 e.